The van der Waals surface area contributed by atoms with Crippen LogP contribution in [0.15, 0.2) is 30.3 Å². The van der Waals surface area contributed by atoms with Crippen molar-refractivity contribution in [2.75, 3.05) is 0 Å². The number of carbonyl (C=O) groups excluding carboxylic acids is 2. The average molecular weight is 292 g/mol. The summed E-state index contributed by atoms with van der Waals surface area (Å²) >= 11 is 0. The van der Waals surface area contributed by atoms with Gasteiger partial charge in [0.1, 0.15) is 11.6 Å². The van der Waals surface area contributed by atoms with E-state index in [-0.39, 0.29) is 11.9 Å². The maximum absolute atomic E-state index is 12.0. The summed E-state index contributed by atoms with van der Waals surface area (Å²) in [7, 11) is 0. The first kappa shape index (κ1) is 17.0. The lowest BCUT2D eigenvalue weighted by Crippen LogP contribution is -2.47. The second-order valence-electron chi connectivity index (χ2n) is 6.01. The fraction of sp³-hybridized carbons (Fsp3) is 0.500. The van der Waals surface area contributed by atoms with Gasteiger partial charge < -0.3 is 15.4 Å². The molecule has 5 nitrogen and oxygen atoms in total. The minimum atomic E-state index is -0.661. The summed E-state index contributed by atoms with van der Waals surface area (Å²) in [6, 6.07) is 8.85. The monoisotopic (exact) mass is 292 g/mol. The van der Waals surface area contributed by atoms with Gasteiger partial charge in [-0.3, -0.25) is 4.79 Å². The molecule has 1 aromatic carbocycles. The van der Waals surface area contributed by atoms with Gasteiger partial charge in [0, 0.05) is 0 Å². The Morgan fingerprint density at radius 1 is 1.05 bits per heavy atom. The number of rotatable bonds is 4. The molecule has 0 heterocycles. The minimum Gasteiger partial charge on any atom is -0.444 e. The van der Waals surface area contributed by atoms with Gasteiger partial charge in [-0.25, -0.2) is 4.79 Å². The summed E-state index contributed by atoms with van der Waals surface area (Å²) in [6.45, 7) is 8.84. The number of benzene rings is 1. The largest absolute Gasteiger partial charge is 0.444 e. The molecule has 116 valence electrons. The second-order valence-corrected chi connectivity index (χ2v) is 6.01. The van der Waals surface area contributed by atoms with Gasteiger partial charge in [-0.05, 0) is 40.2 Å². The highest BCUT2D eigenvalue weighted by Gasteiger charge is 2.21. The first-order chi connectivity index (χ1) is 9.69. The highest BCUT2D eigenvalue weighted by Crippen LogP contribution is 2.11. The molecule has 1 aromatic rings. The number of ether oxygens (including phenoxy) is 1. The Kier molecular flexibility index (Phi) is 5.76. The zero-order valence-corrected chi connectivity index (χ0v) is 13.3. The minimum absolute atomic E-state index is 0.124. The van der Waals surface area contributed by atoms with Crippen LogP contribution in [-0.2, 0) is 9.53 Å². The fourth-order valence-corrected chi connectivity index (χ4v) is 1.71. The summed E-state index contributed by atoms with van der Waals surface area (Å²) < 4.78 is 5.12. The molecular formula is C16H24N2O3. The van der Waals surface area contributed by atoms with Gasteiger partial charge in [-0.1, -0.05) is 30.3 Å². The predicted molar refractivity (Wildman–Crippen MR) is 81.8 cm³/mol. The molecule has 0 aliphatic carbocycles. The van der Waals surface area contributed by atoms with Crippen molar-refractivity contribution < 1.29 is 14.3 Å². The van der Waals surface area contributed by atoms with Crippen molar-refractivity contribution in [1.29, 1.82) is 0 Å². The Bertz CT molecular complexity index is 480. The van der Waals surface area contributed by atoms with Gasteiger partial charge in [-0.2, -0.15) is 0 Å². The molecule has 0 fully saturated rings. The van der Waals surface area contributed by atoms with Crippen molar-refractivity contribution in [3.05, 3.63) is 35.9 Å². The third-order valence-electron chi connectivity index (χ3n) is 2.78. The Balaban J connectivity index is 2.50. The normalized spacial score (nSPS) is 14.0. The molecule has 21 heavy (non-hydrogen) atoms. The molecule has 0 saturated carbocycles. The van der Waals surface area contributed by atoms with Crippen LogP contribution in [0, 0.1) is 0 Å². The summed E-state index contributed by atoms with van der Waals surface area (Å²) in [5, 5.41) is 5.37. The predicted octanol–water partition coefficient (Wildman–Crippen LogP) is 2.78. The standard InChI is InChI=1S/C16H24N2O3/c1-11(13-9-7-6-8-10-13)17-14(19)12(2)18-15(20)21-16(3,4)5/h6-12H,1-5H3,(H,17,19)(H,18,20)/t11-,12+/m0/s1. The molecule has 2 amide bonds. The van der Waals surface area contributed by atoms with Crippen molar-refractivity contribution in [3.63, 3.8) is 0 Å². The number of hydrogen-bond donors (Lipinski definition) is 2. The summed E-state index contributed by atoms with van der Waals surface area (Å²) in [5.41, 5.74) is 0.424. The first-order valence-electron chi connectivity index (χ1n) is 7.04. The van der Waals surface area contributed by atoms with E-state index in [1.807, 2.05) is 37.3 Å². The Labute approximate surface area is 126 Å². The topological polar surface area (TPSA) is 67.4 Å². The number of amides is 2. The van der Waals surface area contributed by atoms with Crippen LogP contribution in [0.25, 0.3) is 0 Å². The fourth-order valence-electron chi connectivity index (χ4n) is 1.71. The molecule has 0 unspecified atom stereocenters. The van der Waals surface area contributed by atoms with E-state index in [1.54, 1.807) is 27.7 Å². The SMILES string of the molecule is C[C@H](NC(=O)[C@@H](C)NC(=O)OC(C)(C)C)c1ccccc1. The molecule has 5 heteroatoms. The van der Waals surface area contributed by atoms with Gasteiger partial charge >= 0.3 is 6.09 Å². The van der Waals surface area contributed by atoms with E-state index in [0.29, 0.717) is 0 Å². The number of carbonyl (C=O) groups is 2. The summed E-state index contributed by atoms with van der Waals surface area (Å²) in [5.74, 6) is -0.253. The average Bonchev–Trinajstić information content (AvgIpc) is 2.37. The number of nitrogens with one attached hydrogen (secondary N) is 2. The maximum Gasteiger partial charge on any atom is 0.408 e. The first-order valence-corrected chi connectivity index (χ1v) is 7.04. The van der Waals surface area contributed by atoms with Gasteiger partial charge in [0.25, 0.3) is 0 Å². The Morgan fingerprint density at radius 2 is 1.62 bits per heavy atom. The van der Waals surface area contributed by atoms with E-state index in [2.05, 4.69) is 10.6 Å². The molecule has 0 aromatic heterocycles. The molecule has 0 bridgehead atoms. The molecule has 0 spiro atoms. The van der Waals surface area contributed by atoms with Crippen LogP contribution < -0.4 is 10.6 Å². The molecular weight excluding hydrogens is 268 g/mol. The lowest BCUT2D eigenvalue weighted by atomic mass is 10.1. The van der Waals surface area contributed by atoms with Crippen LogP contribution in [0.3, 0.4) is 0 Å². The van der Waals surface area contributed by atoms with E-state index in [0.717, 1.165) is 5.56 Å². The zero-order chi connectivity index (χ0) is 16.0. The van der Waals surface area contributed by atoms with Crippen LogP contribution in [0.5, 0.6) is 0 Å². The molecule has 0 radical (unpaired) electrons. The van der Waals surface area contributed by atoms with Gasteiger partial charge in [0.2, 0.25) is 5.91 Å². The van der Waals surface area contributed by atoms with Crippen LogP contribution >= 0.6 is 0 Å². The maximum atomic E-state index is 12.0. The van der Waals surface area contributed by atoms with E-state index >= 15 is 0 Å². The molecule has 0 saturated heterocycles. The van der Waals surface area contributed by atoms with Gasteiger partial charge in [0.15, 0.2) is 0 Å². The summed E-state index contributed by atoms with van der Waals surface area (Å²) in [6.07, 6.45) is -0.600. The van der Waals surface area contributed by atoms with Crippen molar-refractivity contribution in [2.45, 2.75) is 52.3 Å². The molecule has 0 aliphatic heterocycles. The van der Waals surface area contributed by atoms with Gasteiger partial charge in [0.05, 0.1) is 6.04 Å². The highest BCUT2D eigenvalue weighted by atomic mass is 16.6. The molecule has 2 atom stereocenters. The number of hydrogen-bond acceptors (Lipinski definition) is 3. The second kappa shape index (κ2) is 7.11. The van der Waals surface area contributed by atoms with Crippen molar-refractivity contribution in [2.24, 2.45) is 0 Å². The lowest BCUT2D eigenvalue weighted by molar-refractivity contribution is -0.123. The number of alkyl carbamates (subject to hydrolysis) is 1. The van der Waals surface area contributed by atoms with Crippen molar-refractivity contribution >= 4 is 12.0 Å². The van der Waals surface area contributed by atoms with Crippen molar-refractivity contribution in [3.8, 4) is 0 Å². The Morgan fingerprint density at radius 3 is 2.14 bits per heavy atom. The van der Waals surface area contributed by atoms with E-state index in [4.69, 9.17) is 4.74 Å². The van der Waals surface area contributed by atoms with Crippen LogP contribution in [0.4, 0.5) is 4.79 Å². The molecule has 2 N–H and O–H groups in total. The van der Waals surface area contributed by atoms with E-state index < -0.39 is 17.7 Å². The van der Waals surface area contributed by atoms with Crippen molar-refractivity contribution in [1.82, 2.24) is 10.6 Å². The van der Waals surface area contributed by atoms with Crippen LogP contribution in [0.2, 0.25) is 0 Å². The quantitative estimate of drug-likeness (QED) is 0.896. The molecule has 0 aliphatic rings. The lowest BCUT2D eigenvalue weighted by Gasteiger charge is -2.22. The van der Waals surface area contributed by atoms with E-state index in [1.165, 1.54) is 0 Å². The van der Waals surface area contributed by atoms with E-state index in [9.17, 15) is 9.59 Å². The Hall–Kier alpha value is -2.04. The molecule has 1 rings (SSSR count). The highest BCUT2D eigenvalue weighted by molar-refractivity contribution is 5.85. The van der Waals surface area contributed by atoms with Gasteiger partial charge in [-0.15, -0.1) is 0 Å². The smallest absolute Gasteiger partial charge is 0.408 e. The third kappa shape index (κ3) is 6.29. The van der Waals surface area contributed by atoms with Crippen LogP contribution in [0.1, 0.15) is 46.2 Å². The van der Waals surface area contributed by atoms with Crippen LogP contribution in [-0.4, -0.2) is 23.6 Å². The zero-order valence-electron chi connectivity index (χ0n) is 13.3. The third-order valence-corrected chi connectivity index (χ3v) is 2.78. The summed E-state index contributed by atoms with van der Waals surface area (Å²) in [4.78, 5) is 23.7.